The first-order valence-electron chi connectivity index (χ1n) is 6.48. The molecular formula is C13H19BrN2O2S. The van der Waals surface area contributed by atoms with Crippen LogP contribution in [0.2, 0.25) is 0 Å². The number of hydrogen-bond donors (Lipinski definition) is 2. The Hall–Kier alpha value is -0.430. The lowest BCUT2D eigenvalue weighted by Gasteiger charge is -2.14. The smallest absolute Gasteiger partial charge is 0.241 e. The summed E-state index contributed by atoms with van der Waals surface area (Å²) in [6.07, 6.45) is 4.09. The van der Waals surface area contributed by atoms with E-state index in [2.05, 4.69) is 26.0 Å². The normalized spacial score (nSPS) is 16.9. The molecule has 0 aromatic heterocycles. The van der Waals surface area contributed by atoms with Gasteiger partial charge in [-0.1, -0.05) is 18.9 Å². The van der Waals surface area contributed by atoms with Gasteiger partial charge in [0.25, 0.3) is 0 Å². The standard InChI is InChI=1S/C13H19BrN2O2S/c1-15-9-10-6-7-13(12(14)8-10)19(17,18)16-11-4-2-3-5-11/h6-8,11,15-16H,2-5,9H2,1H3. The Bertz CT molecular complexity index is 540. The van der Waals surface area contributed by atoms with Crippen LogP contribution in [0.1, 0.15) is 31.2 Å². The molecule has 6 heteroatoms. The highest BCUT2D eigenvalue weighted by Crippen LogP contribution is 2.25. The average Bonchev–Trinajstić information content (AvgIpc) is 2.81. The SMILES string of the molecule is CNCc1ccc(S(=O)(=O)NC2CCCC2)c(Br)c1. The van der Waals surface area contributed by atoms with E-state index < -0.39 is 10.0 Å². The zero-order chi connectivity index (χ0) is 13.9. The summed E-state index contributed by atoms with van der Waals surface area (Å²) in [6.45, 7) is 0.717. The van der Waals surface area contributed by atoms with Crippen molar-refractivity contribution in [3.8, 4) is 0 Å². The summed E-state index contributed by atoms with van der Waals surface area (Å²) in [7, 11) is -1.56. The topological polar surface area (TPSA) is 58.2 Å². The van der Waals surface area contributed by atoms with Crippen LogP contribution in [-0.2, 0) is 16.6 Å². The minimum Gasteiger partial charge on any atom is -0.316 e. The van der Waals surface area contributed by atoms with Crippen LogP contribution < -0.4 is 10.0 Å². The number of nitrogens with one attached hydrogen (secondary N) is 2. The summed E-state index contributed by atoms with van der Waals surface area (Å²) >= 11 is 3.36. The molecule has 1 aromatic rings. The van der Waals surface area contributed by atoms with Crippen molar-refractivity contribution in [3.63, 3.8) is 0 Å². The summed E-state index contributed by atoms with van der Waals surface area (Å²) in [5, 5.41) is 3.04. The Morgan fingerprint density at radius 3 is 2.58 bits per heavy atom. The number of hydrogen-bond acceptors (Lipinski definition) is 3. The molecule has 1 fully saturated rings. The Kier molecular flexibility index (Phi) is 5.00. The van der Waals surface area contributed by atoms with E-state index in [1.165, 1.54) is 0 Å². The molecule has 0 atom stereocenters. The number of sulfonamides is 1. The first-order chi connectivity index (χ1) is 9.03. The summed E-state index contributed by atoms with van der Waals surface area (Å²) in [6, 6.07) is 5.44. The first-order valence-corrected chi connectivity index (χ1v) is 8.76. The van der Waals surface area contributed by atoms with E-state index in [9.17, 15) is 8.42 Å². The third kappa shape index (κ3) is 3.78. The molecule has 0 saturated heterocycles. The van der Waals surface area contributed by atoms with Gasteiger partial charge in [0, 0.05) is 17.1 Å². The third-order valence-corrected chi connectivity index (χ3v) is 5.84. The van der Waals surface area contributed by atoms with Crippen molar-refractivity contribution in [3.05, 3.63) is 28.2 Å². The molecule has 2 rings (SSSR count). The maximum Gasteiger partial charge on any atom is 0.241 e. The van der Waals surface area contributed by atoms with Gasteiger partial charge in [0.05, 0.1) is 4.90 Å². The van der Waals surface area contributed by atoms with Crippen LogP contribution in [0, 0.1) is 0 Å². The van der Waals surface area contributed by atoms with Gasteiger partial charge in [0.1, 0.15) is 0 Å². The molecule has 1 aliphatic rings. The van der Waals surface area contributed by atoms with Crippen LogP contribution in [0.15, 0.2) is 27.6 Å². The summed E-state index contributed by atoms with van der Waals surface area (Å²) in [5.41, 5.74) is 1.05. The molecule has 0 heterocycles. The number of rotatable bonds is 5. The van der Waals surface area contributed by atoms with Crippen molar-refractivity contribution in [2.45, 2.75) is 43.2 Å². The summed E-state index contributed by atoms with van der Waals surface area (Å²) in [4.78, 5) is 0.319. The van der Waals surface area contributed by atoms with Crippen LogP contribution in [0.4, 0.5) is 0 Å². The minimum absolute atomic E-state index is 0.0916. The van der Waals surface area contributed by atoms with Gasteiger partial charge in [-0.05, 0) is 53.5 Å². The lowest BCUT2D eigenvalue weighted by atomic mass is 10.2. The molecule has 0 aliphatic heterocycles. The van der Waals surface area contributed by atoms with E-state index in [1.54, 1.807) is 6.07 Å². The maximum atomic E-state index is 12.3. The third-order valence-electron chi connectivity index (χ3n) is 3.34. The van der Waals surface area contributed by atoms with Gasteiger partial charge in [0.2, 0.25) is 10.0 Å². The summed E-state index contributed by atoms with van der Waals surface area (Å²) in [5.74, 6) is 0. The van der Waals surface area contributed by atoms with Gasteiger partial charge in [-0.25, -0.2) is 13.1 Å². The van der Waals surface area contributed by atoms with Gasteiger partial charge in [0.15, 0.2) is 0 Å². The monoisotopic (exact) mass is 346 g/mol. The zero-order valence-electron chi connectivity index (χ0n) is 10.9. The molecule has 19 heavy (non-hydrogen) atoms. The van der Waals surface area contributed by atoms with Crippen molar-refractivity contribution in [1.82, 2.24) is 10.0 Å². The average molecular weight is 347 g/mol. The van der Waals surface area contributed by atoms with Gasteiger partial charge in [-0.15, -0.1) is 0 Å². The number of halogens is 1. The fourth-order valence-corrected chi connectivity index (χ4v) is 4.83. The molecule has 4 nitrogen and oxygen atoms in total. The van der Waals surface area contributed by atoms with Crippen LogP contribution in [0.5, 0.6) is 0 Å². The van der Waals surface area contributed by atoms with E-state index in [0.29, 0.717) is 9.37 Å². The second-order valence-electron chi connectivity index (χ2n) is 4.90. The van der Waals surface area contributed by atoms with Crippen molar-refractivity contribution in [1.29, 1.82) is 0 Å². The van der Waals surface area contributed by atoms with Crippen molar-refractivity contribution in [2.75, 3.05) is 7.05 Å². The van der Waals surface area contributed by atoms with Gasteiger partial charge in [-0.3, -0.25) is 0 Å². The zero-order valence-corrected chi connectivity index (χ0v) is 13.4. The van der Waals surface area contributed by atoms with E-state index in [-0.39, 0.29) is 6.04 Å². The molecule has 0 radical (unpaired) electrons. The predicted octanol–water partition coefficient (Wildman–Crippen LogP) is 2.39. The van der Waals surface area contributed by atoms with Crippen molar-refractivity contribution < 1.29 is 8.42 Å². The molecule has 2 N–H and O–H groups in total. The molecular weight excluding hydrogens is 328 g/mol. The lowest BCUT2D eigenvalue weighted by molar-refractivity contribution is 0.551. The molecule has 1 aliphatic carbocycles. The molecule has 0 unspecified atom stereocenters. The minimum atomic E-state index is -3.42. The second-order valence-corrected chi connectivity index (χ2v) is 7.43. The van der Waals surface area contributed by atoms with E-state index >= 15 is 0 Å². The fraction of sp³-hybridized carbons (Fsp3) is 0.538. The Balaban J connectivity index is 2.19. The molecule has 0 amide bonds. The maximum absolute atomic E-state index is 12.3. The van der Waals surface area contributed by atoms with Crippen LogP contribution >= 0.6 is 15.9 Å². The number of benzene rings is 1. The highest BCUT2D eigenvalue weighted by molar-refractivity contribution is 9.10. The van der Waals surface area contributed by atoms with Crippen molar-refractivity contribution in [2.24, 2.45) is 0 Å². The molecule has 0 spiro atoms. The second kappa shape index (κ2) is 6.35. The molecule has 1 saturated carbocycles. The largest absolute Gasteiger partial charge is 0.316 e. The van der Waals surface area contributed by atoms with Gasteiger partial charge >= 0.3 is 0 Å². The van der Waals surface area contributed by atoms with Crippen LogP contribution in [0.3, 0.4) is 0 Å². The van der Waals surface area contributed by atoms with Gasteiger partial charge < -0.3 is 5.32 Å². The predicted molar refractivity (Wildman–Crippen MR) is 79.5 cm³/mol. The lowest BCUT2D eigenvalue weighted by Crippen LogP contribution is -2.32. The molecule has 106 valence electrons. The Morgan fingerprint density at radius 1 is 1.32 bits per heavy atom. The van der Waals surface area contributed by atoms with E-state index in [0.717, 1.165) is 37.8 Å². The Morgan fingerprint density at radius 2 is 2.00 bits per heavy atom. The highest BCUT2D eigenvalue weighted by atomic mass is 79.9. The Labute approximate surface area is 123 Å². The van der Waals surface area contributed by atoms with Crippen molar-refractivity contribution >= 4 is 26.0 Å². The fourth-order valence-electron chi connectivity index (χ4n) is 2.40. The molecule has 1 aromatic carbocycles. The highest BCUT2D eigenvalue weighted by Gasteiger charge is 2.24. The summed E-state index contributed by atoms with van der Waals surface area (Å²) < 4.78 is 28.0. The first kappa shape index (κ1) is 15.0. The van der Waals surface area contributed by atoms with E-state index in [4.69, 9.17) is 0 Å². The van der Waals surface area contributed by atoms with Crippen LogP contribution in [-0.4, -0.2) is 21.5 Å². The van der Waals surface area contributed by atoms with Crippen LogP contribution in [0.25, 0.3) is 0 Å². The quantitative estimate of drug-likeness (QED) is 0.860. The van der Waals surface area contributed by atoms with E-state index in [1.807, 2.05) is 19.2 Å². The van der Waals surface area contributed by atoms with Gasteiger partial charge in [-0.2, -0.15) is 0 Å². The molecule has 0 bridgehead atoms.